The van der Waals surface area contributed by atoms with Crippen LogP contribution in [0.5, 0.6) is 0 Å². The zero-order chi connectivity index (χ0) is 11.8. The van der Waals surface area contributed by atoms with Gasteiger partial charge >= 0.3 is 0 Å². The number of carbonyl (C=O) groups is 2. The maximum Gasteiger partial charge on any atom is 0.231 e. The minimum atomic E-state index is -0.416. The Balaban J connectivity index is 4.11. The monoisotopic (exact) mass is 216 g/mol. The Morgan fingerprint density at radius 1 is 1.33 bits per heavy atom. The van der Waals surface area contributed by atoms with Crippen LogP contribution < -0.4 is 5.73 Å². The van der Waals surface area contributed by atoms with Gasteiger partial charge in [0.1, 0.15) is 6.61 Å². The molecule has 0 aliphatic carbocycles. The Hall–Kier alpha value is -0.940. The molecule has 5 heteroatoms. The molecule has 0 atom stereocenters. The molecule has 0 saturated heterocycles. The fraction of sp³-hybridized carbons (Fsp3) is 0.800. The fourth-order valence-corrected chi connectivity index (χ4v) is 1.38. The van der Waals surface area contributed by atoms with Crippen molar-refractivity contribution in [1.29, 1.82) is 0 Å². The number of primary amides is 1. The number of carbonyl (C=O) groups excluding carboxylic acids is 2. The molecular weight excluding hydrogens is 196 g/mol. The van der Waals surface area contributed by atoms with Gasteiger partial charge in [-0.1, -0.05) is 13.8 Å². The van der Waals surface area contributed by atoms with Gasteiger partial charge in [0.25, 0.3) is 0 Å². The molecule has 5 nitrogen and oxygen atoms in total. The van der Waals surface area contributed by atoms with Crippen LogP contribution in [0, 0.1) is 5.92 Å². The summed E-state index contributed by atoms with van der Waals surface area (Å²) in [6.07, 6.45) is 0. The summed E-state index contributed by atoms with van der Waals surface area (Å²) in [5, 5.41) is 0. The molecule has 0 heterocycles. The van der Waals surface area contributed by atoms with Crippen LogP contribution in [-0.4, -0.2) is 49.9 Å². The smallest absolute Gasteiger partial charge is 0.231 e. The van der Waals surface area contributed by atoms with E-state index in [1.54, 1.807) is 4.90 Å². The normalized spacial score (nSPS) is 11.0. The van der Waals surface area contributed by atoms with Gasteiger partial charge in [0.15, 0.2) is 5.78 Å². The summed E-state index contributed by atoms with van der Waals surface area (Å²) in [4.78, 5) is 23.8. The number of methoxy groups -OCH3 is 1. The molecule has 1 amide bonds. The maximum absolute atomic E-state index is 11.3. The van der Waals surface area contributed by atoms with Gasteiger partial charge in [-0.3, -0.25) is 14.5 Å². The number of hydrogen-bond donors (Lipinski definition) is 1. The highest BCUT2D eigenvalue weighted by atomic mass is 16.5. The zero-order valence-electron chi connectivity index (χ0n) is 9.66. The van der Waals surface area contributed by atoms with Crippen molar-refractivity contribution in [2.24, 2.45) is 11.7 Å². The minimum Gasteiger partial charge on any atom is -0.377 e. The Labute approximate surface area is 90.6 Å². The molecule has 0 radical (unpaired) electrons. The van der Waals surface area contributed by atoms with Crippen molar-refractivity contribution in [2.75, 3.05) is 33.4 Å². The second-order valence-electron chi connectivity index (χ2n) is 4.00. The van der Waals surface area contributed by atoms with E-state index in [-0.39, 0.29) is 25.5 Å². The summed E-state index contributed by atoms with van der Waals surface area (Å²) in [6, 6.07) is 0. The molecule has 0 fully saturated rings. The first-order valence-corrected chi connectivity index (χ1v) is 4.97. The van der Waals surface area contributed by atoms with Crippen LogP contribution in [0.3, 0.4) is 0 Å². The largest absolute Gasteiger partial charge is 0.377 e. The van der Waals surface area contributed by atoms with Gasteiger partial charge in [0.05, 0.1) is 13.1 Å². The van der Waals surface area contributed by atoms with E-state index in [1.165, 1.54) is 7.11 Å². The van der Waals surface area contributed by atoms with Crippen LogP contribution in [0.15, 0.2) is 0 Å². The van der Waals surface area contributed by atoms with Gasteiger partial charge < -0.3 is 10.5 Å². The van der Waals surface area contributed by atoms with Crippen molar-refractivity contribution in [3.05, 3.63) is 0 Å². The molecule has 0 rings (SSSR count). The minimum absolute atomic E-state index is 0.0422. The Morgan fingerprint density at radius 3 is 2.33 bits per heavy atom. The van der Waals surface area contributed by atoms with E-state index in [1.807, 2.05) is 13.8 Å². The number of nitrogens with zero attached hydrogens (tertiary/aromatic N) is 1. The van der Waals surface area contributed by atoms with Gasteiger partial charge in [0.2, 0.25) is 5.91 Å². The molecule has 0 aliphatic heterocycles. The standard InChI is InChI=1S/C10H20N2O3/c1-8(2)4-12(6-10(11)14)5-9(13)7-15-3/h8H,4-7H2,1-3H3,(H2,11,14). The summed E-state index contributed by atoms with van der Waals surface area (Å²) >= 11 is 0. The van der Waals surface area contributed by atoms with E-state index < -0.39 is 5.91 Å². The molecule has 0 aromatic rings. The van der Waals surface area contributed by atoms with Crippen LogP contribution >= 0.6 is 0 Å². The first kappa shape index (κ1) is 14.1. The number of hydrogen-bond acceptors (Lipinski definition) is 4. The summed E-state index contributed by atoms with van der Waals surface area (Å²) in [7, 11) is 1.47. The van der Waals surface area contributed by atoms with E-state index in [4.69, 9.17) is 10.5 Å². The average Bonchev–Trinajstić information content (AvgIpc) is 2.00. The molecule has 0 spiro atoms. The lowest BCUT2D eigenvalue weighted by molar-refractivity contribution is -0.125. The first-order valence-electron chi connectivity index (χ1n) is 4.97. The van der Waals surface area contributed by atoms with Gasteiger partial charge in [-0.15, -0.1) is 0 Å². The van der Waals surface area contributed by atoms with E-state index in [0.29, 0.717) is 12.5 Å². The van der Waals surface area contributed by atoms with E-state index >= 15 is 0 Å². The van der Waals surface area contributed by atoms with Gasteiger partial charge in [-0.25, -0.2) is 0 Å². The number of ether oxygens (including phenoxy) is 1. The summed E-state index contributed by atoms with van der Waals surface area (Å²) in [6.45, 7) is 5.14. The van der Waals surface area contributed by atoms with Crippen molar-refractivity contribution in [1.82, 2.24) is 4.90 Å². The molecule has 0 saturated carbocycles. The highest BCUT2D eigenvalue weighted by Gasteiger charge is 2.13. The van der Waals surface area contributed by atoms with Crippen LogP contribution in [-0.2, 0) is 14.3 Å². The van der Waals surface area contributed by atoms with Crippen LogP contribution in [0.2, 0.25) is 0 Å². The Kier molecular flexibility index (Phi) is 6.90. The molecule has 88 valence electrons. The van der Waals surface area contributed by atoms with Crippen molar-refractivity contribution >= 4 is 11.7 Å². The predicted octanol–water partition coefficient (Wildman–Crippen LogP) is -0.355. The van der Waals surface area contributed by atoms with Crippen molar-refractivity contribution in [2.45, 2.75) is 13.8 Å². The number of Topliss-reactive ketones (excluding diaryl/α,β-unsaturated/α-hetero) is 1. The molecule has 2 N–H and O–H groups in total. The van der Waals surface area contributed by atoms with E-state index in [9.17, 15) is 9.59 Å². The van der Waals surface area contributed by atoms with Gasteiger partial charge in [-0.05, 0) is 5.92 Å². The summed E-state index contributed by atoms with van der Waals surface area (Å²) in [5.74, 6) is -0.0695. The van der Waals surface area contributed by atoms with Crippen LogP contribution in [0.4, 0.5) is 0 Å². The third-order valence-electron chi connectivity index (χ3n) is 1.71. The highest BCUT2D eigenvalue weighted by molar-refractivity contribution is 5.82. The lowest BCUT2D eigenvalue weighted by Crippen LogP contribution is -2.40. The number of amides is 1. The molecule has 0 aromatic heterocycles. The third kappa shape index (κ3) is 8.08. The fourth-order valence-electron chi connectivity index (χ4n) is 1.38. The van der Waals surface area contributed by atoms with E-state index in [0.717, 1.165) is 0 Å². The maximum atomic E-state index is 11.3. The molecular formula is C10H20N2O3. The quantitative estimate of drug-likeness (QED) is 0.601. The lowest BCUT2D eigenvalue weighted by atomic mass is 10.2. The Bertz CT molecular complexity index is 217. The predicted molar refractivity (Wildman–Crippen MR) is 57.4 cm³/mol. The topological polar surface area (TPSA) is 72.6 Å². The third-order valence-corrected chi connectivity index (χ3v) is 1.71. The van der Waals surface area contributed by atoms with E-state index in [2.05, 4.69) is 0 Å². The summed E-state index contributed by atoms with van der Waals surface area (Å²) in [5.41, 5.74) is 5.10. The summed E-state index contributed by atoms with van der Waals surface area (Å²) < 4.78 is 4.72. The molecule has 0 unspecified atom stereocenters. The van der Waals surface area contributed by atoms with Crippen molar-refractivity contribution in [3.63, 3.8) is 0 Å². The number of nitrogens with two attached hydrogens (primary N) is 1. The lowest BCUT2D eigenvalue weighted by Gasteiger charge is -2.21. The molecule has 0 aromatic carbocycles. The van der Waals surface area contributed by atoms with Crippen LogP contribution in [0.25, 0.3) is 0 Å². The van der Waals surface area contributed by atoms with Crippen molar-refractivity contribution in [3.8, 4) is 0 Å². The number of ketones is 1. The van der Waals surface area contributed by atoms with Gasteiger partial charge in [0, 0.05) is 13.7 Å². The van der Waals surface area contributed by atoms with Gasteiger partial charge in [-0.2, -0.15) is 0 Å². The number of rotatable bonds is 8. The molecule has 0 aliphatic rings. The molecule has 0 bridgehead atoms. The second-order valence-corrected chi connectivity index (χ2v) is 4.00. The van der Waals surface area contributed by atoms with Crippen LogP contribution in [0.1, 0.15) is 13.8 Å². The average molecular weight is 216 g/mol. The second kappa shape index (κ2) is 7.36. The molecule has 15 heavy (non-hydrogen) atoms. The van der Waals surface area contributed by atoms with Crippen molar-refractivity contribution < 1.29 is 14.3 Å². The zero-order valence-corrected chi connectivity index (χ0v) is 9.66. The Morgan fingerprint density at radius 2 is 1.93 bits per heavy atom. The highest BCUT2D eigenvalue weighted by Crippen LogP contribution is 1.98. The SMILES string of the molecule is COCC(=O)CN(CC(N)=O)CC(C)C. The first-order chi connectivity index (χ1) is 6.95.